The van der Waals surface area contributed by atoms with Gasteiger partial charge in [0.15, 0.2) is 0 Å². The van der Waals surface area contributed by atoms with Gasteiger partial charge in [0.05, 0.1) is 4.92 Å². The first kappa shape index (κ1) is 12.8. The number of rotatable bonds is 4. The molecule has 0 heterocycles. The average Bonchev–Trinajstić information content (AvgIpc) is 2.18. The lowest BCUT2D eigenvalue weighted by Gasteiger charge is -2.12. The molecule has 1 aromatic rings. The summed E-state index contributed by atoms with van der Waals surface area (Å²) >= 11 is 5.83. The van der Waals surface area contributed by atoms with Gasteiger partial charge in [-0.3, -0.25) is 10.1 Å². The first-order valence-corrected chi connectivity index (χ1v) is 5.48. The molecule has 0 amide bonds. The second kappa shape index (κ2) is 5.16. The lowest BCUT2D eigenvalue weighted by Crippen LogP contribution is -2.09. The monoisotopic (exact) mass is 242 g/mol. The van der Waals surface area contributed by atoms with E-state index >= 15 is 0 Å². The summed E-state index contributed by atoms with van der Waals surface area (Å²) in [7, 11) is 0. The van der Waals surface area contributed by atoms with E-state index in [0.29, 0.717) is 5.92 Å². The van der Waals surface area contributed by atoms with E-state index in [4.69, 9.17) is 11.6 Å². The maximum Gasteiger partial charge on any atom is 0.288 e. The van der Waals surface area contributed by atoms with Gasteiger partial charge in [-0.05, 0) is 24.5 Å². The van der Waals surface area contributed by atoms with E-state index < -0.39 is 4.92 Å². The lowest BCUT2D eigenvalue weighted by atomic mass is 10.1. The van der Waals surface area contributed by atoms with Crippen LogP contribution in [0.1, 0.15) is 19.4 Å². The first-order chi connectivity index (χ1) is 7.41. The summed E-state index contributed by atoms with van der Waals surface area (Å²) < 4.78 is 0. The average molecular weight is 243 g/mol. The van der Waals surface area contributed by atoms with E-state index in [-0.39, 0.29) is 10.7 Å². The molecule has 1 rings (SSSR count). The SMILES string of the molecule is Cc1cc([N+](=O)[O-])c(Cl)cc1NCC(C)C. The Morgan fingerprint density at radius 1 is 1.50 bits per heavy atom. The summed E-state index contributed by atoms with van der Waals surface area (Å²) in [4.78, 5) is 10.2. The highest BCUT2D eigenvalue weighted by Crippen LogP contribution is 2.30. The van der Waals surface area contributed by atoms with Crippen molar-refractivity contribution in [3.8, 4) is 0 Å². The second-order valence-electron chi connectivity index (χ2n) is 4.15. The molecule has 0 aromatic heterocycles. The highest BCUT2D eigenvalue weighted by Gasteiger charge is 2.14. The van der Waals surface area contributed by atoms with E-state index in [1.807, 2.05) is 6.92 Å². The van der Waals surface area contributed by atoms with Crippen molar-refractivity contribution < 1.29 is 4.92 Å². The summed E-state index contributed by atoms with van der Waals surface area (Å²) in [6, 6.07) is 3.10. The highest BCUT2D eigenvalue weighted by molar-refractivity contribution is 6.33. The number of nitro benzene ring substituents is 1. The highest BCUT2D eigenvalue weighted by atomic mass is 35.5. The number of hydrogen-bond donors (Lipinski definition) is 1. The van der Waals surface area contributed by atoms with E-state index in [9.17, 15) is 10.1 Å². The summed E-state index contributed by atoms with van der Waals surface area (Å²) in [5, 5.41) is 14.0. The number of halogens is 1. The van der Waals surface area contributed by atoms with E-state index in [1.165, 1.54) is 6.07 Å². The predicted molar refractivity (Wildman–Crippen MR) is 66.2 cm³/mol. The number of nitro groups is 1. The van der Waals surface area contributed by atoms with Gasteiger partial charge < -0.3 is 5.32 Å². The van der Waals surface area contributed by atoms with Crippen molar-refractivity contribution in [1.29, 1.82) is 0 Å². The second-order valence-corrected chi connectivity index (χ2v) is 4.56. The zero-order valence-electron chi connectivity index (χ0n) is 9.58. The Morgan fingerprint density at radius 3 is 2.62 bits per heavy atom. The molecule has 1 N–H and O–H groups in total. The van der Waals surface area contributed by atoms with Crippen LogP contribution >= 0.6 is 11.6 Å². The summed E-state index contributed by atoms with van der Waals surface area (Å²) in [6.45, 7) is 6.83. The third kappa shape index (κ3) is 3.10. The minimum Gasteiger partial charge on any atom is -0.385 e. The van der Waals surface area contributed by atoms with Crippen LogP contribution in [0.15, 0.2) is 12.1 Å². The Kier molecular flexibility index (Phi) is 4.12. The minimum absolute atomic E-state index is 0.0470. The Bertz CT molecular complexity index is 405. The molecular weight excluding hydrogens is 228 g/mol. The van der Waals surface area contributed by atoms with Gasteiger partial charge in [-0.15, -0.1) is 0 Å². The van der Waals surface area contributed by atoms with Gasteiger partial charge in [0.25, 0.3) is 5.69 Å². The zero-order chi connectivity index (χ0) is 12.3. The van der Waals surface area contributed by atoms with E-state index in [1.54, 1.807) is 6.07 Å². The van der Waals surface area contributed by atoms with Gasteiger partial charge in [-0.25, -0.2) is 0 Å². The Labute approximate surface area is 99.8 Å². The van der Waals surface area contributed by atoms with Gasteiger partial charge in [-0.2, -0.15) is 0 Å². The predicted octanol–water partition coefficient (Wildman–Crippen LogP) is 3.62. The molecule has 0 aliphatic heterocycles. The summed E-state index contributed by atoms with van der Waals surface area (Å²) in [5.41, 5.74) is 1.63. The Balaban J connectivity index is 2.96. The molecule has 4 nitrogen and oxygen atoms in total. The zero-order valence-corrected chi connectivity index (χ0v) is 10.3. The van der Waals surface area contributed by atoms with Crippen molar-refractivity contribution >= 4 is 23.0 Å². The van der Waals surface area contributed by atoms with Crippen molar-refractivity contribution in [2.45, 2.75) is 20.8 Å². The van der Waals surface area contributed by atoms with Crippen LogP contribution < -0.4 is 5.32 Å². The minimum atomic E-state index is -0.471. The van der Waals surface area contributed by atoms with Crippen molar-refractivity contribution in [2.24, 2.45) is 5.92 Å². The maximum atomic E-state index is 10.7. The normalized spacial score (nSPS) is 10.6. The fourth-order valence-electron chi connectivity index (χ4n) is 1.31. The molecule has 0 aliphatic carbocycles. The molecular formula is C11H15ClN2O2. The van der Waals surface area contributed by atoms with Crippen LogP contribution in [0.3, 0.4) is 0 Å². The molecule has 0 saturated carbocycles. The molecule has 16 heavy (non-hydrogen) atoms. The third-order valence-corrected chi connectivity index (χ3v) is 2.49. The van der Waals surface area contributed by atoms with Crippen LogP contribution in [0.5, 0.6) is 0 Å². The molecule has 0 aliphatic rings. The lowest BCUT2D eigenvalue weighted by molar-refractivity contribution is -0.384. The molecule has 0 fully saturated rings. The summed E-state index contributed by atoms with van der Waals surface area (Å²) in [5.74, 6) is 0.508. The molecule has 5 heteroatoms. The molecule has 0 atom stereocenters. The fraction of sp³-hybridized carbons (Fsp3) is 0.455. The number of hydrogen-bond acceptors (Lipinski definition) is 3. The largest absolute Gasteiger partial charge is 0.385 e. The topological polar surface area (TPSA) is 55.2 Å². The van der Waals surface area contributed by atoms with Gasteiger partial charge in [-0.1, -0.05) is 25.4 Å². The number of nitrogens with zero attached hydrogens (tertiary/aromatic N) is 1. The molecule has 0 bridgehead atoms. The van der Waals surface area contributed by atoms with Crippen molar-refractivity contribution in [1.82, 2.24) is 0 Å². The molecule has 0 radical (unpaired) electrons. The Morgan fingerprint density at radius 2 is 2.12 bits per heavy atom. The number of benzene rings is 1. The van der Waals surface area contributed by atoms with Crippen LogP contribution in [-0.2, 0) is 0 Å². The van der Waals surface area contributed by atoms with E-state index in [0.717, 1.165) is 17.8 Å². The van der Waals surface area contributed by atoms with Gasteiger partial charge in [0, 0.05) is 18.3 Å². The van der Waals surface area contributed by atoms with Gasteiger partial charge in [0.1, 0.15) is 5.02 Å². The van der Waals surface area contributed by atoms with Crippen LogP contribution in [0.4, 0.5) is 11.4 Å². The van der Waals surface area contributed by atoms with Crippen LogP contribution in [-0.4, -0.2) is 11.5 Å². The molecule has 88 valence electrons. The fourth-order valence-corrected chi connectivity index (χ4v) is 1.54. The molecule has 0 unspecified atom stereocenters. The van der Waals surface area contributed by atoms with Crippen molar-refractivity contribution in [2.75, 3.05) is 11.9 Å². The van der Waals surface area contributed by atoms with Crippen LogP contribution in [0.2, 0.25) is 5.02 Å². The quantitative estimate of drug-likeness (QED) is 0.648. The standard InChI is InChI=1S/C11H15ClN2O2/c1-7(2)6-13-10-5-9(12)11(14(15)16)4-8(10)3/h4-5,7,13H,6H2,1-3H3. The third-order valence-electron chi connectivity index (χ3n) is 2.19. The van der Waals surface area contributed by atoms with Gasteiger partial charge in [0.2, 0.25) is 0 Å². The smallest absolute Gasteiger partial charge is 0.288 e. The van der Waals surface area contributed by atoms with Crippen molar-refractivity contribution in [3.63, 3.8) is 0 Å². The Hall–Kier alpha value is -1.29. The maximum absolute atomic E-state index is 10.7. The molecule has 0 spiro atoms. The number of anilines is 1. The molecule has 1 aromatic carbocycles. The van der Waals surface area contributed by atoms with Gasteiger partial charge >= 0.3 is 0 Å². The van der Waals surface area contributed by atoms with Crippen LogP contribution in [0, 0.1) is 23.0 Å². The summed E-state index contributed by atoms with van der Waals surface area (Å²) in [6.07, 6.45) is 0. The van der Waals surface area contributed by atoms with Crippen LogP contribution in [0.25, 0.3) is 0 Å². The number of nitrogens with one attached hydrogen (secondary N) is 1. The van der Waals surface area contributed by atoms with Crippen molar-refractivity contribution in [3.05, 3.63) is 32.8 Å². The first-order valence-electron chi connectivity index (χ1n) is 5.10. The molecule has 0 saturated heterocycles. The van der Waals surface area contributed by atoms with E-state index in [2.05, 4.69) is 19.2 Å². The number of aryl methyl sites for hydroxylation is 1.